The number of rotatable bonds is 9. The molecular formula is C22H18Cl3N5O2S2. The SMILES string of the molecule is CCn1c(COc2ccc(Cl)cc2Cl)nnc1SCC(=O)Nc1nc(-c2ccc(Cl)cc2)cs1. The molecule has 0 saturated carbocycles. The second-order valence-electron chi connectivity index (χ2n) is 6.89. The average molecular weight is 555 g/mol. The van der Waals surface area contributed by atoms with E-state index >= 15 is 0 Å². The van der Waals surface area contributed by atoms with Crippen LogP contribution in [0.3, 0.4) is 0 Å². The van der Waals surface area contributed by atoms with E-state index in [0.717, 1.165) is 11.3 Å². The Bertz CT molecular complexity index is 1290. The number of amides is 1. The second-order valence-corrected chi connectivity index (χ2v) is 9.97. The Morgan fingerprint density at radius 3 is 2.62 bits per heavy atom. The Balaban J connectivity index is 1.33. The molecule has 2 aromatic carbocycles. The summed E-state index contributed by atoms with van der Waals surface area (Å²) in [4.78, 5) is 16.9. The zero-order valence-corrected chi connectivity index (χ0v) is 21.7. The second kappa shape index (κ2) is 11.4. The summed E-state index contributed by atoms with van der Waals surface area (Å²) >= 11 is 20.7. The first-order valence-corrected chi connectivity index (χ1v) is 13.1. The first-order chi connectivity index (χ1) is 16.4. The van der Waals surface area contributed by atoms with Crippen LogP contribution in [0.15, 0.2) is 53.0 Å². The maximum absolute atomic E-state index is 12.5. The van der Waals surface area contributed by atoms with Crippen molar-refractivity contribution in [1.29, 1.82) is 0 Å². The highest BCUT2D eigenvalue weighted by Gasteiger charge is 2.15. The third-order valence-electron chi connectivity index (χ3n) is 4.58. The van der Waals surface area contributed by atoms with Crippen LogP contribution in [-0.2, 0) is 17.9 Å². The monoisotopic (exact) mass is 553 g/mol. The number of hydrogen-bond acceptors (Lipinski definition) is 7. The lowest BCUT2D eigenvalue weighted by Gasteiger charge is -2.10. The van der Waals surface area contributed by atoms with Gasteiger partial charge in [-0.2, -0.15) is 0 Å². The fraction of sp³-hybridized carbons (Fsp3) is 0.182. The van der Waals surface area contributed by atoms with Crippen LogP contribution in [0.25, 0.3) is 11.3 Å². The minimum absolute atomic E-state index is 0.165. The maximum atomic E-state index is 12.5. The summed E-state index contributed by atoms with van der Waals surface area (Å²) in [5, 5.41) is 15.9. The van der Waals surface area contributed by atoms with Crippen molar-refractivity contribution in [2.45, 2.75) is 25.2 Å². The van der Waals surface area contributed by atoms with Gasteiger partial charge in [0.1, 0.15) is 12.4 Å². The van der Waals surface area contributed by atoms with Gasteiger partial charge in [0.05, 0.1) is 16.5 Å². The third kappa shape index (κ3) is 6.22. The molecule has 0 aliphatic heterocycles. The van der Waals surface area contributed by atoms with Crippen LogP contribution >= 0.6 is 57.9 Å². The van der Waals surface area contributed by atoms with Crippen LogP contribution in [-0.4, -0.2) is 31.4 Å². The van der Waals surface area contributed by atoms with Gasteiger partial charge in [-0.25, -0.2) is 4.98 Å². The quantitative estimate of drug-likeness (QED) is 0.232. The van der Waals surface area contributed by atoms with E-state index in [0.29, 0.717) is 43.5 Å². The first kappa shape index (κ1) is 24.8. The molecule has 0 fully saturated rings. The highest BCUT2D eigenvalue weighted by molar-refractivity contribution is 7.99. The fourth-order valence-electron chi connectivity index (χ4n) is 2.95. The molecule has 0 spiro atoms. The van der Waals surface area contributed by atoms with E-state index in [1.807, 2.05) is 29.0 Å². The van der Waals surface area contributed by atoms with Crippen molar-refractivity contribution in [2.24, 2.45) is 0 Å². The number of ether oxygens (including phenoxy) is 1. The summed E-state index contributed by atoms with van der Waals surface area (Å²) in [7, 11) is 0. The number of halogens is 3. The van der Waals surface area contributed by atoms with Gasteiger partial charge in [0, 0.05) is 27.5 Å². The van der Waals surface area contributed by atoms with Gasteiger partial charge < -0.3 is 14.6 Å². The summed E-state index contributed by atoms with van der Waals surface area (Å²) in [6.07, 6.45) is 0. The van der Waals surface area contributed by atoms with Gasteiger partial charge in [-0.05, 0) is 37.3 Å². The molecule has 2 heterocycles. The smallest absolute Gasteiger partial charge is 0.236 e. The summed E-state index contributed by atoms with van der Waals surface area (Å²) in [5.74, 6) is 1.12. The van der Waals surface area contributed by atoms with Crippen LogP contribution in [0.1, 0.15) is 12.7 Å². The molecule has 0 bridgehead atoms. The van der Waals surface area contributed by atoms with Gasteiger partial charge in [-0.15, -0.1) is 21.5 Å². The first-order valence-electron chi connectivity index (χ1n) is 10.1. The molecule has 4 rings (SSSR count). The Morgan fingerprint density at radius 1 is 1.12 bits per heavy atom. The van der Waals surface area contributed by atoms with Crippen molar-refractivity contribution in [3.05, 3.63) is 68.7 Å². The number of nitrogens with one attached hydrogen (secondary N) is 1. The molecule has 1 amide bonds. The summed E-state index contributed by atoms with van der Waals surface area (Å²) < 4.78 is 7.66. The number of carbonyl (C=O) groups is 1. The highest BCUT2D eigenvalue weighted by atomic mass is 35.5. The van der Waals surface area contributed by atoms with E-state index in [2.05, 4.69) is 20.5 Å². The molecule has 0 aliphatic carbocycles. The molecule has 34 heavy (non-hydrogen) atoms. The van der Waals surface area contributed by atoms with Crippen molar-refractivity contribution in [3.63, 3.8) is 0 Å². The van der Waals surface area contributed by atoms with Gasteiger partial charge in [0.25, 0.3) is 0 Å². The van der Waals surface area contributed by atoms with E-state index < -0.39 is 0 Å². The molecule has 0 aliphatic rings. The van der Waals surface area contributed by atoms with Crippen LogP contribution < -0.4 is 10.1 Å². The molecule has 12 heteroatoms. The number of aromatic nitrogens is 4. The van der Waals surface area contributed by atoms with Crippen molar-refractivity contribution in [3.8, 4) is 17.0 Å². The summed E-state index contributed by atoms with van der Waals surface area (Å²) in [6, 6.07) is 12.4. The molecular weight excluding hydrogens is 537 g/mol. The Morgan fingerprint density at radius 2 is 1.88 bits per heavy atom. The average Bonchev–Trinajstić information content (AvgIpc) is 3.44. The van der Waals surface area contributed by atoms with Gasteiger partial charge in [0.15, 0.2) is 16.1 Å². The largest absolute Gasteiger partial charge is 0.484 e. The predicted octanol–water partition coefficient (Wildman–Crippen LogP) is 6.69. The third-order valence-corrected chi connectivity index (χ3v) is 7.09. The minimum Gasteiger partial charge on any atom is -0.484 e. The molecule has 7 nitrogen and oxygen atoms in total. The number of anilines is 1. The zero-order valence-electron chi connectivity index (χ0n) is 17.8. The van der Waals surface area contributed by atoms with Crippen molar-refractivity contribution >= 4 is 68.9 Å². The predicted molar refractivity (Wildman–Crippen MR) is 138 cm³/mol. The lowest BCUT2D eigenvalue weighted by atomic mass is 10.2. The molecule has 4 aromatic rings. The Hall–Kier alpha value is -2.30. The molecule has 0 saturated heterocycles. The fourth-order valence-corrected chi connectivity index (χ4v) is 5.10. The standard InChI is InChI=1S/C22H18Cl3N5O2S2/c1-2-30-19(10-32-18-8-7-15(24)9-16(18)25)28-29-22(30)34-12-20(31)27-21-26-17(11-33-21)13-3-5-14(23)6-4-13/h3-9,11H,2,10,12H2,1H3,(H,26,27,31). The Kier molecular flexibility index (Phi) is 8.33. The van der Waals surface area contributed by atoms with E-state index in [1.54, 1.807) is 30.3 Å². The number of hydrogen-bond donors (Lipinski definition) is 1. The lowest BCUT2D eigenvalue weighted by Crippen LogP contribution is -2.14. The van der Waals surface area contributed by atoms with Crippen LogP contribution in [0.5, 0.6) is 5.75 Å². The topological polar surface area (TPSA) is 81.9 Å². The number of nitrogens with zero attached hydrogens (tertiary/aromatic N) is 4. The van der Waals surface area contributed by atoms with Crippen LogP contribution in [0.4, 0.5) is 5.13 Å². The maximum Gasteiger partial charge on any atom is 0.236 e. The lowest BCUT2D eigenvalue weighted by molar-refractivity contribution is -0.113. The van der Waals surface area contributed by atoms with Crippen molar-refractivity contribution in [2.75, 3.05) is 11.1 Å². The minimum atomic E-state index is -0.182. The van der Waals surface area contributed by atoms with E-state index in [-0.39, 0.29) is 18.3 Å². The van der Waals surface area contributed by atoms with Crippen LogP contribution in [0, 0.1) is 0 Å². The summed E-state index contributed by atoms with van der Waals surface area (Å²) in [5.41, 5.74) is 1.71. The van der Waals surface area contributed by atoms with E-state index in [1.165, 1.54) is 23.1 Å². The van der Waals surface area contributed by atoms with Gasteiger partial charge in [-0.3, -0.25) is 4.79 Å². The van der Waals surface area contributed by atoms with Gasteiger partial charge >= 0.3 is 0 Å². The molecule has 0 radical (unpaired) electrons. The normalized spacial score (nSPS) is 10.9. The Labute approximate surface area is 219 Å². The van der Waals surface area contributed by atoms with Gasteiger partial charge in [0.2, 0.25) is 5.91 Å². The van der Waals surface area contributed by atoms with E-state index in [9.17, 15) is 4.79 Å². The number of thiazole rings is 1. The van der Waals surface area contributed by atoms with Crippen molar-refractivity contribution < 1.29 is 9.53 Å². The molecule has 2 aromatic heterocycles. The van der Waals surface area contributed by atoms with Crippen molar-refractivity contribution in [1.82, 2.24) is 19.7 Å². The van der Waals surface area contributed by atoms with Crippen LogP contribution in [0.2, 0.25) is 15.1 Å². The van der Waals surface area contributed by atoms with Gasteiger partial charge in [-0.1, -0.05) is 58.7 Å². The molecule has 1 N–H and O–H groups in total. The number of benzene rings is 2. The summed E-state index contributed by atoms with van der Waals surface area (Å²) in [6.45, 7) is 2.78. The van der Waals surface area contributed by atoms with E-state index in [4.69, 9.17) is 39.5 Å². The zero-order chi connectivity index (χ0) is 24.1. The molecule has 0 atom stereocenters. The molecule has 176 valence electrons. The number of carbonyl (C=O) groups excluding carboxylic acids is 1. The highest BCUT2D eigenvalue weighted by Crippen LogP contribution is 2.29. The molecule has 0 unspecified atom stereocenters. The number of thioether (sulfide) groups is 1.